The Bertz CT molecular complexity index is 289. The highest BCUT2D eigenvalue weighted by molar-refractivity contribution is 6.32. The first-order valence-corrected chi connectivity index (χ1v) is 4.30. The number of hydrazine groups is 1. The molecule has 2 N–H and O–H groups in total. The highest BCUT2D eigenvalue weighted by Crippen LogP contribution is 2.27. The van der Waals surface area contributed by atoms with E-state index < -0.39 is 0 Å². The van der Waals surface area contributed by atoms with Crippen molar-refractivity contribution in [1.29, 1.82) is 0 Å². The second kappa shape index (κ2) is 4.46. The summed E-state index contributed by atoms with van der Waals surface area (Å²) >= 11 is 6.05. The smallest absolute Gasteiger partial charge is 0.137 e. The molecule has 0 aliphatic heterocycles. The minimum absolute atomic E-state index is 0.607. The quantitative estimate of drug-likeness (QED) is 0.596. The van der Waals surface area contributed by atoms with Crippen molar-refractivity contribution in [3.05, 3.63) is 28.8 Å². The molecule has 0 saturated carbocycles. The Kier molecular flexibility index (Phi) is 3.54. The molecule has 3 nitrogen and oxygen atoms in total. The third-order valence-corrected chi connectivity index (χ3v) is 2.11. The van der Waals surface area contributed by atoms with E-state index in [0.29, 0.717) is 17.3 Å². The molecule has 72 valence electrons. The Hall–Kier alpha value is -0.770. The largest absolute Gasteiger partial charge is 0.495 e. The second-order valence-electron chi connectivity index (χ2n) is 2.85. The first kappa shape index (κ1) is 10.3. The summed E-state index contributed by atoms with van der Waals surface area (Å²) in [7, 11) is 3.38. The fraction of sp³-hybridized carbons (Fsp3) is 0.333. The van der Waals surface area contributed by atoms with Gasteiger partial charge in [0.1, 0.15) is 5.75 Å². The van der Waals surface area contributed by atoms with Crippen LogP contribution < -0.4 is 10.6 Å². The van der Waals surface area contributed by atoms with Crippen LogP contribution in [0.25, 0.3) is 0 Å². The molecule has 0 unspecified atom stereocenters. The van der Waals surface area contributed by atoms with Gasteiger partial charge in [-0.2, -0.15) is 0 Å². The van der Waals surface area contributed by atoms with Crippen molar-refractivity contribution in [1.82, 2.24) is 5.01 Å². The van der Waals surface area contributed by atoms with Crippen molar-refractivity contribution in [2.24, 2.45) is 5.84 Å². The average Bonchev–Trinajstić information content (AvgIpc) is 2.08. The third kappa shape index (κ3) is 2.59. The van der Waals surface area contributed by atoms with Crippen LogP contribution in [-0.4, -0.2) is 19.2 Å². The van der Waals surface area contributed by atoms with E-state index in [1.54, 1.807) is 19.2 Å². The van der Waals surface area contributed by atoms with E-state index >= 15 is 0 Å². The van der Waals surface area contributed by atoms with Crippen molar-refractivity contribution in [2.75, 3.05) is 14.2 Å². The van der Waals surface area contributed by atoms with Gasteiger partial charge in [0.25, 0.3) is 0 Å². The van der Waals surface area contributed by atoms with Crippen LogP contribution in [0.1, 0.15) is 5.56 Å². The minimum Gasteiger partial charge on any atom is -0.495 e. The Morgan fingerprint density at radius 1 is 1.54 bits per heavy atom. The van der Waals surface area contributed by atoms with Gasteiger partial charge in [-0.1, -0.05) is 23.7 Å². The van der Waals surface area contributed by atoms with Gasteiger partial charge in [0.2, 0.25) is 0 Å². The van der Waals surface area contributed by atoms with E-state index in [0.717, 1.165) is 5.56 Å². The van der Waals surface area contributed by atoms with Gasteiger partial charge < -0.3 is 4.74 Å². The Morgan fingerprint density at radius 2 is 2.23 bits per heavy atom. The van der Waals surface area contributed by atoms with Gasteiger partial charge >= 0.3 is 0 Å². The molecule has 0 spiro atoms. The molecule has 1 aromatic rings. The van der Waals surface area contributed by atoms with Crippen LogP contribution in [0.2, 0.25) is 5.02 Å². The lowest BCUT2D eigenvalue weighted by Crippen LogP contribution is -2.25. The van der Waals surface area contributed by atoms with Crippen molar-refractivity contribution in [2.45, 2.75) is 6.54 Å². The number of methoxy groups -OCH3 is 1. The minimum atomic E-state index is 0.607. The molecule has 0 aliphatic carbocycles. The molecular weight excluding hydrogens is 188 g/mol. The van der Waals surface area contributed by atoms with Gasteiger partial charge in [0.05, 0.1) is 12.1 Å². The van der Waals surface area contributed by atoms with Gasteiger partial charge in [0.15, 0.2) is 0 Å². The molecular formula is C9H13ClN2O. The highest BCUT2D eigenvalue weighted by Gasteiger charge is 2.06. The van der Waals surface area contributed by atoms with Crippen LogP contribution in [-0.2, 0) is 6.54 Å². The zero-order valence-corrected chi connectivity index (χ0v) is 8.51. The maximum atomic E-state index is 6.05. The lowest BCUT2D eigenvalue weighted by atomic mass is 10.2. The Balaban J connectivity index is 2.94. The fourth-order valence-electron chi connectivity index (χ4n) is 1.10. The van der Waals surface area contributed by atoms with E-state index in [4.69, 9.17) is 22.2 Å². The molecule has 0 bridgehead atoms. The van der Waals surface area contributed by atoms with E-state index in [1.807, 2.05) is 18.2 Å². The Morgan fingerprint density at radius 3 is 2.77 bits per heavy atom. The van der Waals surface area contributed by atoms with E-state index in [-0.39, 0.29) is 0 Å². The summed E-state index contributed by atoms with van der Waals surface area (Å²) in [4.78, 5) is 0. The number of nitrogens with zero attached hydrogens (tertiary/aromatic N) is 1. The standard InChI is InChI=1S/C9H13ClN2O/c1-12(11)6-7-4-3-5-8(13-2)9(7)10/h3-5H,6,11H2,1-2H3. The summed E-state index contributed by atoms with van der Waals surface area (Å²) in [6.45, 7) is 0.607. The summed E-state index contributed by atoms with van der Waals surface area (Å²) in [5.74, 6) is 6.20. The molecule has 0 aromatic heterocycles. The van der Waals surface area contributed by atoms with Crippen LogP contribution in [0, 0.1) is 0 Å². The number of benzene rings is 1. The predicted molar refractivity (Wildman–Crippen MR) is 53.7 cm³/mol. The lowest BCUT2D eigenvalue weighted by Gasteiger charge is -2.12. The summed E-state index contributed by atoms with van der Waals surface area (Å²) < 4.78 is 5.08. The maximum Gasteiger partial charge on any atom is 0.137 e. The summed E-state index contributed by atoms with van der Waals surface area (Å²) in [6.07, 6.45) is 0. The monoisotopic (exact) mass is 200 g/mol. The van der Waals surface area contributed by atoms with Crippen molar-refractivity contribution >= 4 is 11.6 Å². The van der Waals surface area contributed by atoms with Gasteiger partial charge in [-0.15, -0.1) is 0 Å². The number of nitrogens with two attached hydrogens (primary N) is 1. The fourth-order valence-corrected chi connectivity index (χ4v) is 1.37. The Labute approximate surface area is 83.0 Å². The molecule has 0 fully saturated rings. The van der Waals surface area contributed by atoms with Crippen LogP contribution in [0.5, 0.6) is 5.75 Å². The molecule has 1 rings (SSSR count). The number of halogens is 1. The molecule has 0 aliphatic rings. The van der Waals surface area contributed by atoms with Crippen molar-refractivity contribution in [3.63, 3.8) is 0 Å². The molecule has 0 saturated heterocycles. The zero-order valence-electron chi connectivity index (χ0n) is 7.75. The first-order chi connectivity index (χ1) is 6.15. The third-order valence-electron chi connectivity index (χ3n) is 1.68. The topological polar surface area (TPSA) is 38.5 Å². The summed E-state index contributed by atoms with van der Waals surface area (Å²) in [6, 6.07) is 5.64. The molecule has 13 heavy (non-hydrogen) atoms. The summed E-state index contributed by atoms with van der Waals surface area (Å²) in [5, 5.41) is 2.20. The molecule has 0 atom stereocenters. The molecule has 0 radical (unpaired) electrons. The molecule has 0 heterocycles. The van der Waals surface area contributed by atoms with Crippen molar-refractivity contribution in [3.8, 4) is 5.75 Å². The van der Waals surface area contributed by atoms with Gasteiger partial charge in [-0.05, 0) is 11.6 Å². The normalized spacial score (nSPS) is 10.5. The number of rotatable bonds is 3. The number of ether oxygens (including phenoxy) is 1. The van der Waals surface area contributed by atoms with Crippen LogP contribution in [0.3, 0.4) is 0 Å². The maximum absolute atomic E-state index is 6.05. The van der Waals surface area contributed by atoms with E-state index in [1.165, 1.54) is 0 Å². The number of hydrogen-bond acceptors (Lipinski definition) is 3. The first-order valence-electron chi connectivity index (χ1n) is 3.92. The van der Waals surface area contributed by atoms with Crippen LogP contribution in [0.15, 0.2) is 18.2 Å². The molecule has 0 amide bonds. The summed E-state index contributed by atoms with van der Waals surface area (Å²) in [5.41, 5.74) is 0.964. The SMILES string of the molecule is COc1cccc(CN(C)N)c1Cl. The van der Waals surface area contributed by atoms with Crippen LogP contribution in [0.4, 0.5) is 0 Å². The average molecular weight is 201 g/mol. The highest BCUT2D eigenvalue weighted by atomic mass is 35.5. The predicted octanol–water partition coefficient (Wildman–Crippen LogP) is 1.65. The van der Waals surface area contributed by atoms with Gasteiger partial charge in [-0.3, -0.25) is 5.84 Å². The lowest BCUT2D eigenvalue weighted by molar-refractivity contribution is 0.340. The van der Waals surface area contributed by atoms with Gasteiger partial charge in [-0.25, -0.2) is 5.01 Å². The second-order valence-corrected chi connectivity index (χ2v) is 3.23. The van der Waals surface area contributed by atoms with Crippen molar-refractivity contribution < 1.29 is 4.74 Å². The van der Waals surface area contributed by atoms with Crippen LogP contribution >= 0.6 is 11.6 Å². The van der Waals surface area contributed by atoms with E-state index in [2.05, 4.69) is 0 Å². The zero-order chi connectivity index (χ0) is 9.84. The molecule has 4 heteroatoms. The molecule has 1 aromatic carbocycles. The number of hydrogen-bond donors (Lipinski definition) is 1. The van der Waals surface area contributed by atoms with Gasteiger partial charge in [0, 0.05) is 13.6 Å². The van der Waals surface area contributed by atoms with E-state index in [9.17, 15) is 0 Å².